The maximum Gasteiger partial charge on any atom is 0.238 e. The number of primary sulfonamides is 1. The summed E-state index contributed by atoms with van der Waals surface area (Å²) in [5.74, 6) is 0. The summed E-state index contributed by atoms with van der Waals surface area (Å²) in [6.45, 7) is 2.50. The van der Waals surface area contributed by atoms with E-state index in [0.717, 1.165) is 5.56 Å². The van der Waals surface area contributed by atoms with Crippen molar-refractivity contribution >= 4 is 10.0 Å². The van der Waals surface area contributed by atoms with E-state index in [4.69, 9.17) is 14.6 Å². The highest BCUT2D eigenvalue weighted by Crippen LogP contribution is 2.15. The second-order valence-corrected chi connectivity index (χ2v) is 5.71. The molecular formula is C12H20N2O4S. The minimum Gasteiger partial charge on any atom is -0.355 e. The van der Waals surface area contributed by atoms with Gasteiger partial charge in [0, 0.05) is 26.8 Å². The highest BCUT2D eigenvalue weighted by Gasteiger charge is 2.11. The molecule has 1 aromatic carbocycles. The second-order valence-electron chi connectivity index (χ2n) is 4.14. The van der Waals surface area contributed by atoms with E-state index in [2.05, 4.69) is 5.32 Å². The number of nitrogens with one attached hydrogen (secondary N) is 1. The van der Waals surface area contributed by atoms with Crippen molar-refractivity contribution in [2.45, 2.75) is 24.2 Å². The molecule has 0 fully saturated rings. The molecule has 0 spiro atoms. The van der Waals surface area contributed by atoms with Crippen molar-refractivity contribution in [1.82, 2.24) is 5.32 Å². The number of nitrogens with two attached hydrogens (primary N) is 1. The van der Waals surface area contributed by atoms with E-state index in [0.29, 0.717) is 6.54 Å². The zero-order valence-electron chi connectivity index (χ0n) is 11.3. The number of benzene rings is 1. The lowest BCUT2D eigenvalue weighted by molar-refractivity contribution is -0.0997. The first kappa shape index (κ1) is 16.1. The molecule has 0 bridgehead atoms. The SMILES string of the molecule is COC(CNC(C)c1ccc(S(N)(=O)=O)cc1)OC. The number of hydrogen-bond donors (Lipinski definition) is 2. The van der Waals surface area contributed by atoms with Crippen molar-refractivity contribution in [2.24, 2.45) is 5.14 Å². The molecule has 0 aliphatic heterocycles. The summed E-state index contributed by atoms with van der Waals surface area (Å²) >= 11 is 0. The van der Waals surface area contributed by atoms with Crippen LogP contribution >= 0.6 is 0 Å². The summed E-state index contributed by atoms with van der Waals surface area (Å²) in [5, 5.41) is 8.27. The third kappa shape index (κ3) is 4.88. The van der Waals surface area contributed by atoms with Crippen molar-refractivity contribution in [3.05, 3.63) is 29.8 Å². The monoisotopic (exact) mass is 288 g/mol. The normalized spacial score (nSPS) is 13.7. The van der Waals surface area contributed by atoms with Gasteiger partial charge in [0.15, 0.2) is 6.29 Å². The largest absolute Gasteiger partial charge is 0.355 e. The summed E-state index contributed by atoms with van der Waals surface area (Å²) in [7, 11) is -0.498. The average molecular weight is 288 g/mol. The van der Waals surface area contributed by atoms with Gasteiger partial charge >= 0.3 is 0 Å². The highest BCUT2D eigenvalue weighted by atomic mass is 32.2. The van der Waals surface area contributed by atoms with E-state index < -0.39 is 10.0 Å². The Morgan fingerprint density at radius 3 is 2.16 bits per heavy atom. The van der Waals surface area contributed by atoms with Gasteiger partial charge in [-0.3, -0.25) is 0 Å². The summed E-state index contributed by atoms with van der Waals surface area (Å²) in [6.07, 6.45) is -0.314. The van der Waals surface area contributed by atoms with Gasteiger partial charge in [-0.2, -0.15) is 0 Å². The van der Waals surface area contributed by atoms with Gasteiger partial charge in [0.1, 0.15) is 0 Å². The van der Waals surface area contributed by atoms with Crippen LogP contribution in [0.15, 0.2) is 29.2 Å². The van der Waals surface area contributed by atoms with E-state index in [-0.39, 0.29) is 17.2 Å². The van der Waals surface area contributed by atoms with Gasteiger partial charge in [0.05, 0.1) is 4.90 Å². The molecule has 6 nitrogen and oxygen atoms in total. The molecule has 19 heavy (non-hydrogen) atoms. The zero-order chi connectivity index (χ0) is 14.5. The molecular weight excluding hydrogens is 268 g/mol. The molecule has 0 saturated heterocycles. The molecule has 1 atom stereocenters. The quantitative estimate of drug-likeness (QED) is 0.717. The topological polar surface area (TPSA) is 90.6 Å². The van der Waals surface area contributed by atoms with Gasteiger partial charge in [-0.25, -0.2) is 13.6 Å². The number of ether oxygens (including phenoxy) is 2. The molecule has 0 amide bonds. The fraction of sp³-hybridized carbons (Fsp3) is 0.500. The van der Waals surface area contributed by atoms with Gasteiger partial charge in [0.2, 0.25) is 10.0 Å². The Hall–Kier alpha value is -0.990. The van der Waals surface area contributed by atoms with E-state index >= 15 is 0 Å². The number of rotatable bonds is 7. The Labute approximate surface area is 113 Å². The summed E-state index contributed by atoms with van der Waals surface area (Å²) in [6, 6.07) is 6.49. The maximum absolute atomic E-state index is 11.1. The average Bonchev–Trinajstić information content (AvgIpc) is 2.39. The predicted molar refractivity (Wildman–Crippen MR) is 72.0 cm³/mol. The maximum atomic E-state index is 11.1. The lowest BCUT2D eigenvalue weighted by Crippen LogP contribution is -2.31. The standard InChI is InChI=1S/C12H20N2O4S/c1-9(14-8-12(17-2)18-3)10-4-6-11(7-5-10)19(13,15)16/h4-7,9,12,14H,8H2,1-3H3,(H2,13,15,16). The van der Waals surface area contributed by atoms with Gasteiger partial charge in [-0.1, -0.05) is 12.1 Å². The van der Waals surface area contributed by atoms with E-state index in [1.165, 1.54) is 12.1 Å². The first-order valence-electron chi connectivity index (χ1n) is 5.80. The van der Waals surface area contributed by atoms with Crippen LogP contribution in [0, 0.1) is 0 Å². The third-order valence-electron chi connectivity index (χ3n) is 2.83. The molecule has 1 aromatic rings. The van der Waals surface area contributed by atoms with Crippen LogP contribution in [-0.2, 0) is 19.5 Å². The molecule has 3 N–H and O–H groups in total. The van der Waals surface area contributed by atoms with Crippen LogP contribution in [0.3, 0.4) is 0 Å². The number of methoxy groups -OCH3 is 2. The van der Waals surface area contributed by atoms with Crippen molar-refractivity contribution in [3.8, 4) is 0 Å². The molecule has 7 heteroatoms. The van der Waals surface area contributed by atoms with Crippen molar-refractivity contribution in [3.63, 3.8) is 0 Å². The van der Waals surface area contributed by atoms with Gasteiger partial charge in [0.25, 0.3) is 0 Å². The molecule has 1 rings (SSSR count). The Bertz CT molecular complexity index is 483. The Kier molecular flexibility index (Phi) is 5.89. The van der Waals surface area contributed by atoms with Crippen LogP contribution in [0.25, 0.3) is 0 Å². The molecule has 0 radical (unpaired) electrons. The van der Waals surface area contributed by atoms with Gasteiger partial charge in [-0.15, -0.1) is 0 Å². The predicted octanol–water partition coefficient (Wildman–Crippen LogP) is 0.604. The van der Waals surface area contributed by atoms with Crippen LogP contribution in [0.5, 0.6) is 0 Å². The Morgan fingerprint density at radius 2 is 1.74 bits per heavy atom. The van der Waals surface area contributed by atoms with Crippen molar-refractivity contribution in [1.29, 1.82) is 0 Å². The molecule has 1 unspecified atom stereocenters. The number of hydrogen-bond acceptors (Lipinski definition) is 5. The Morgan fingerprint density at radius 1 is 1.21 bits per heavy atom. The summed E-state index contributed by atoms with van der Waals surface area (Å²) in [4.78, 5) is 0.107. The van der Waals surface area contributed by atoms with E-state index in [1.54, 1.807) is 26.4 Å². The first-order valence-corrected chi connectivity index (χ1v) is 7.35. The minimum atomic E-state index is -3.64. The van der Waals surface area contributed by atoms with Crippen LogP contribution in [0.2, 0.25) is 0 Å². The number of sulfonamides is 1. The molecule has 0 saturated carbocycles. The highest BCUT2D eigenvalue weighted by molar-refractivity contribution is 7.89. The first-order chi connectivity index (χ1) is 8.88. The summed E-state index contributed by atoms with van der Waals surface area (Å²) < 4.78 is 32.4. The van der Waals surface area contributed by atoms with Gasteiger partial charge < -0.3 is 14.8 Å². The zero-order valence-corrected chi connectivity index (χ0v) is 12.1. The lowest BCUT2D eigenvalue weighted by Gasteiger charge is -2.19. The summed E-state index contributed by atoms with van der Waals surface area (Å²) in [5.41, 5.74) is 0.957. The fourth-order valence-corrected chi connectivity index (χ4v) is 2.12. The Balaban J connectivity index is 2.65. The fourth-order valence-electron chi connectivity index (χ4n) is 1.60. The molecule has 0 heterocycles. The van der Waals surface area contributed by atoms with E-state index in [9.17, 15) is 8.42 Å². The molecule has 0 aliphatic carbocycles. The van der Waals surface area contributed by atoms with Crippen LogP contribution in [0.1, 0.15) is 18.5 Å². The van der Waals surface area contributed by atoms with Crippen LogP contribution in [0.4, 0.5) is 0 Å². The minimum absolute atomic E-state index is 0.0438. The van der Waals surface area contributed by atoms with Crippen LogP contribution in [-0.4, -0.2) is 35.5 Å². The van der Waals surface area contributed by atoms with Crippen LogP contribution < -0.4 is 10.5 Å². The third-order valence-corrected chi connectivity index (χ3v) is 3.75. The van der Waals surface area contributed by atoms with E-state index in [1.807, 2.05) is 6.92 Å². The lowest BCUT2D eigenvalue weighted by atomic mass is 10.1. The molecule has 0 aliphatic rings. The van der Waals surface area contributed by atoms with Crippen molar-refractivity contribution < 1.29 is 17.9 Å². The second kappa shape index (κ2) is 6.97. The molecule has 0 aromatic heterocycles. The van der Waals surface area contributed by atoms with Crippen molar-refractivity contribution in [2.75, 3.05) is 20.8 Å². The molecule has 108 valence electrons. The van der Waals surface area contributed by atoms with Gasteiger partial charge in [-0.05, 0) is 24.6 Å². The smallest absolute Gasteiger partial charge is 0.238 e.